The predicted molar refractivity (Wildman–Crippen MR) is 56.7 cm³/mol. The summed E-state index contributed by atoms with van der Waals surface area (Å²) in [5, 5.41) is 8.57. The first-order valence-electron chi connectivity index (χ1n) is 4.96. The van der Waals surface area contributed by atoms with Crippen LogP contribution in [0.15, 0.2) is 18.2 Å². The molecule has 1 unspecified atom stereocenters. The van der Waals surface area contributed by atoms with Crippen molar-refractivity contribution >= 4 is 5.97 Å². The number of benzene rings is 1. The Morgan fingerprint density at radius 3 is 2.73 bits per heavy atom. The molecule has 0 aliphatic carbocycles. The predicted octanol–water partition coefficient (Wildman–Crippen LogP) is 3.04. The number of halogens is 1. The first-order valence-corrected chi connectivity index (χ1v) is 4.96. The van der Waals surface area contributed by atoms with Crippen LogP contribution in [0.1, 0.15) is 36.2 Å². The van der Waals surface area contributed by atoms with Gasteiger partial charge < -0.3 is 5.11 Å². The van der Waals surface area contributed by atoms with Gasteiger partial charge in [-0.2, -0.15) is 0 Å². The van der Waals surface area contributed by atoms with Crippen LogP contribution in [-0.2, 0) is 11.2 Å². The molecular formula is C12H15FO2. The van der Waals surface area contributed by atoms with Crippen molar-refractivity contribution < 1.29 is 14.3 Å². The van der Waals surface area contributed by atoms with Crippen LogP contribution in [0.4, 0.5) is 4.39 Å². The highest BCUT2D eigenvalue weighted by Gasteiger charge is 2.10. The van der Waals surface area contributed by atoms with Crippen LogP contribution in [0.3, 0.4) is 0 Å². The highest BCUT2D eigenvalue weighted by molar-refractivity contribution is 5.67. The van der Waals surface area contributed by atoms with E-state index in [1.165, 1.54) is 6.92 Å². The molecule has 1 atom stereocenters. The summed E-state index contributed by atoms with van der Waals surface area (Å²) >= 11 is 0. The van der Waals surface area contributed by atoms with E-state index in [-0.39, 0.29) is 6.42 Å². The van der Waals surface area contributed by atoms with E-state index < -0.39 is 12.1 Å². The van der Waals surface area contributed by atoms with E-state index in [0.29, 0.717) is 12.0 Å². The molecule has 1 aromatic carbocycles. The van der Waals surface area contributed by atoms with Crippen molar-refractivity contribution in [2.75, 3.05) is 0 Å². The average molecular weight is 210 g/mol. The summed E-state index contributed by atoms with van der Waals surface area (Å²) in [5.74, 6) is -0.854. The Bertz CT molecular complexity index is 359. The molecular weight excluding hydrogens is 195 g/mol. The molecule has 1 rings (SSSR count). The van der Waals surface area contributed by atoms with Crippen LogP contribution in [0.25, 0.3) is 0 Å². The quantitative estimate of drug-likeness (QED) is 0.829. The SMILES string of the molecule is Cc1ccc(CCC(=O)O)c(C(C)F)c1. The topological polar surface area (TPSA) is 37.3 Å². The van der Waals surface area contributed by atoms with E-state index in [2.05, 4.69) is 0 Å². The summed E-state index contributed by atoms with van der Waals surface area (Å²) in [6.45, 7) is 3.37. The lowest BCUT2D eigenvalue weighted by Gasteiger charge is -2.10. The lowest BCUT2D eigenvalue weighted by atomic mass is 9.98. The number of aliphatic carboxylic acids is 1. The molecule has 0 saturated heterocycles. The maximum Gasteiger partial charge on any atom is 0.303 e. The smallest absolute Gasteiger partial charge is 0.303 e. The van der Waals surface area contributed by atoms with E-state index >= 15 is 0 Å². The van der Waals surface area contributed by atoms with Gasteiger partial charge in [0.05, 0.1) is 0 Å². The summed E-state index contributed by atoms with van der Waals surface area (Å²) in [6.07, 6.45) is -0.615. The highest BCUT2D eigenvalue weighted by Crippen LogP contribution is 2.23. The van der Waals surface area contributed by atoms with Crippen molar-refractivity contribution in [2.45, 2.75) is 32.9 Å². The van der Waals surface area contributed by atoms with Crippen LogP contribution in [0.2, 0.25) is 0 Å². The molecule has 1 N–H and O–H groups in total. The molecule has 2 nitrogen and oxygen atoms in total. The molecule has 82 valence electrons. The Morgan fingerprint density at radius 2 is 2.20 bits per heavy atom. The Morgan fingerprint density at radius 1 is 1.53 bits per heavy atom. The molecule has 0 aromatic heterocycles. The standard InChI is InChI=1S/C12H15FO2/c1-8-3-4-10(5-6-12(14)15)11(7-8)9(2)13/h3-4,7,9H,5-6H2,1-2H3,(H,14,15). The molecule has 0 bridgehead atoms. The number of alkyl halides is 1. The second kappa shape index (κ2) is 4.91. The fourth-order valence-corrected chi connectivity index (χ4v) is 1.55. The van der Waals surface area contributed by atoms with E-state index in [4.69, 9.17) is 5.11 Å². The minimum Gasteiger partial charge on any atom is -0.481 e. The molecule has 0 spiro atoms. The number of carboxylic acid groups (broad SMARTS) is 1. The van der Waals surface area contributed by atoms with Crippen molar-refractivity contribution in [3.8, 4) is 0 Å². The molecule has 0 heterocycles. The minimum atomic E-state index is -1.05. The third-order valence-electron chi connectivity index (χ3n) is 2.34. The number of carbonyl (C=O) groups is 1. The summed E-state index contributed by atoms with van der Waals surface area (Å²) in [6, 6.07) is 5.47. The monoisotopic (exact) mass is 210 g/mol. The molecule has 0 aliphatic heterocycles. The van der Waals surface area contributed by atoms with E-state index in [9.17, 15) is 9.18 Å². The van der Waals surface area contributed by atoms with Gasteiger partial charge in [-0.3, -0.25) is 4.79 Å². The van der Waals surface area contributed by atoms with E-state index in [0.717, 1.165) is 11.1 Å². The van der Waals surface area contributed by atoms with Crippen LogP contribution >= 0.6 is 0 Å². The fraction of sp³-hybridized carbons (Fsp3) is 0.417. The normalized spacial score (nSPS) is 12.5. The molecule has 0 amide bonds. The molecule has 3 heteroatoms. The Balaban J connectivity index is 2.90. The van der Waals surface area contributed by atoms with Gasteiger partial charge in [0, 0.05) is 6.42 Å². The van der Waals surface area contributed by atoms with Crippen molar-refractivity contribution in [2.24, 2.45) is 0 Å². The van der Waals surface area contributed by atoms with E-state index in [1.807, 2.05) is 19.1 Å². The minimum absolute atomic E-state index is 0.0444. The van der Waals surface area contributed by atoms with Gasteiger partial charge in [-0.25, -0.2) is 4.39 Å². The number of hydrogen-bond acceptors (Lipinski definition) is 1. The Kier molecular flexibility index (Phi) is 3.83. The van der Waals surface area contributed by atoms with Gasteiger partial charge in [0.2, 0.25) is 0 Å². The number of rotatable bonds is 4. The molecule has 0 aliphatic rings. The second-order valence-electron chi connectivity index (χ2n) is 3.71. The Labute approximate surface area is 88.7 Å². The first kappa shape index (κ1) is 11.7. The lowest BCUT2D eigenvalue weighted by Crippen LogP contribution is -2.01. The van der Waals surface area contributed by atoms with Crippen molar-refractivity contribution in [3.05, 3.63) is 34.9 Å². The lowest BCUT2D eigenvalue weighted by molar-refractivity contribution is -0.136. The van der Waals surface area contributed by atoms with Gasteiger partial charge in [0.15, 0.2) is 0 Å². The van der Waals surface area contributed by atoms with Gasteiger partial charge in [0.25, 0.3) is 0 Å². The van der Waals surface area contributed by atoms with Crippen LogP contribution in [-0.4, -0.2) is 11.1 Å². The average Bonchev–Trinajstić information content (AvgIpc) is 2.15. The number of aryl methyl sites for hydroxylation is 2. The fourth-order valence-electron chi connectivity index (χ4n) is 1.55. The van der Waals surface area contributed by atoms with E-state index in [1.54, 1.807) is 6.07 Å². The zero-order valence-electron chi connectivity index (χ0n) is 8.96. The second-order valence-corrected chi connectivity index (χ2v) is 3.71. The molecule has 0 fully saturated rings. The maximum absolute atomic E-state index is 13.3. The third-order valence-corrected chi connectivity index (χ3v) is 2.34. The Hall–Kier alpha value is -1.38. The summed E-state index contributed by atoms with van der Waals surface area (Å²) in [7, 11) is 0. The summed E-state index contributed by atoms with van der Waals surface area (Å²) < 4.78 is 13.3. The molecule has 1 aromatic rings. The van der Waals surface area contributed by atoms with Gasteiger partial charge in [-0.05, 0) is 31.4 Å². The molecule has 15 heavy (non-hydrogen) atoms. The highest BCUT2D eigenvalue weighted by atomic mass is 19.1. The van der Waals surface area contributed by atoms with Gasteiger partial charge in [-0.1, -0.05) is 23.8 Å². The number of carboxylic acids is 1. The van der Waals surface area contributed by atoms with Crippen LogP contribution in [0.5, 0.6) is 0 Å². The van der Waals surface area contributed by atoms with Gasteiger partial charge >= 0.3 is 5.97 Å². The van der Waals surface area contributed by atoms with Crippen LogP contribution < -0.4 is 0 Å². The van der Waals surface area contributed by atoms with Gasteiger partial charge in [0.1, 0.15) is 6.17 Å². The zero-order chi connectivity index (χ0) is 11.4. The first-order chi connectivity index (χ1) is 7.00. The number of hydrogen-bond donors (Lipinski definition) is 1. The van der Waals surface area contributed by atoms with Crippen molar-refractivity contribution in [3.63, 3.8) is 0 Å². The summed E-state index contributed by atoms with van der Waals surface area (Å²) in [5.41, 5.74) is 2.39. The zero-order valence-corrected chi connectivity index (χ0v) is 8.96. The molecule has 0 saturated carbocycles. The van der Waals surface area contributed by atoms with Crippen LogP contribution in [0, 0.1) is 6.92 Å². The third kappa shape index (κ3) is 3.35. The largest absolute Gasteiger partial charge is 0.481 e. The summed E-state index contributed by atoms with van der Waals surface area (Å²) in [4.78, 5) is 10.4. The molecule has 0 radical (unpaired) electrons. The van der Waals surface area contributed by atoms with Gasteiger partial charge in [-0.15, -0.1) is 0 Å². The van der Waals surface area contributed by atoms with Crippen molar-refractivity contribution in [1.29, 1.82) is 0 Å². The maximum atomic E-state index is 13.3. The van der Waals surface area contributed by atoms with Crippen molar-refractivity contribution in [1.82, 2.24) is 0 Å².